The van der Waals surface area contributed by atoms with Crippen LogP contribution < -0.4 is 10.1 Å². The lowest BCUT2D eigenvalue weighted by Gasteiger charge is -2.09. The Labute approximate surface area is 130 Å². The fraction of sp³-hybridized carbons (Fsp3) is 0.267. The summed E-state index contributed by atoms with van der Waals surface area (Å²) in [5.74, 6) is 1.03. The molecule has 0 aliphatic carbocycles. The summed E-state index contributed by atoms with van der Waals surface area (Å²) < 4.78 is 6.81. The highest BCUT2D eigenvalue weighted by Gasteiger charge is 2.17. The van der Waals surface area contributed by atoms with Crippen molar-refractivity contribution in [3.05, 3.63) is 49.6 Å². The maximum Gasteiger partial charge on any atom is 0.127 e. The molecule has 1 aromatic heterocycles. The molecule has 2 aromatic rings. The Balaban J connectivity index is 1.66. The monoisotopic (exact) mass is 348 g/mol. The first-order valence-electron chi connectivity index (χ1n) is 6.38. The van der Waals surface area contributed by atoms with Crippen LogP contribution in [0.5, 0.6) is 5.75 Å². The van der Waals surface area contributed by atoms with Crippen molar-refractivity contribution in [3.8, 4) is 11.8 Å². The van der Waals surface area contributed by atoms with Crippen LogP contribution in [-0.2, 0) is 19.5 Å². The van der Waals surface area contributed by atoms with E-state index in [1.54, 1.807) is 11.3 Å². The molecule has 3 rings (SSSR count). The largest absolute Gasteiger partial charge is 0.493 e. The molecule has 3 nitrogen and oxygen atoms in total. The Morgan fingerprint density at radius 2 is 2.25 bits per heavy atom. The van der Waals surface area contributed by atoms with Gasteiger partial charge < -0.3 is 10.1 Å². The van der Waals surface area contributed by atoms with Crippen molar-refractivity contribution in [2.45, 2.75) is 19.5 Å². The summed E-state index contributed by atoms with van der Waals surface area (Å²) in [4.78, 5) is 1.18. The van der Waals surface area contributed by atoms with Gasteiger partial charge in [0.05, 0.1) is 12.2 Å². The number of hydrogen-bond donors (Lipinski definition) is 1. The van der Waals surface area contributed by atoms with Gasteiger partial charge >= 0.3 is 0 Å². The van der Waals surface area contributed by atoms with Gasteiger partial charge in [-0.05, 0) is 23.8 Å². The number of hydrogen-bond acceptors (Lipinski definition) is 4. The molecule has 0 amide bonds. The van der Waals surface area contributed by atoms with Gasteiger partial charge in [0.1, 0.15) is 11.8 Å². The van der Waals surface area contributed by atoms with Crippen LogP contribution in [0.1, 0.15) is 21.6 Å². The molecule has 1 aliphatic heterocycles. The zero-order chi connectivity index (χ0) is 13.9. The van der Waals surface area contributed by atoms with Gasteiger partial charge in [0.2, 0.25) is 0 Å². The third kappa shape index (κ3) is 2.88. The number of nitrogens with one attached hydrogen (secondary N) is 1. The Kier molecular flexibility index (Phi) is 4.06. The van der Waals surface area contributed by atoms with Crippen LogP contribution >= 0.6 is 27.3 Å². The van der Waals surface area contributed by atoms with E-state index < -0.39 is 0 Å². The smallest absolute Gasteiger partial charge is 0.127 e. The van der Waals surface area contributed by atoms with E-state index in [9.17, 15) is 0 Å². The van der Waals surface area contributed by atoms with E-state index in [1.807, 2.05) is 11.4 Å². The van der Waals surface area contributed by atoms with Crippen molar-refractivity contribution in [3.63, 3.8) is 0 Å². The fourth-order valence-electron chi connectivity index (χ4n) is 2.33. The molecule has 0 atom stereocenters. The molecule has 0 fully saturated rings. The normalized spacial score (nSPS) is 12.8. The van der Waals surface area contributed by atoms with Gasteiger partial charge in [0.15, 0.2) is 0 Å². The van der Waals surface area contributed by atoms with E-state index in [0.717, 1.165) is 41.9 Å². The Bertz CT molecular complexity index is 675. The van der Waals surface area contributed by atoms with Crippen molar-refractivity contribution in [1.82, 2.24) is 5.32 Å². The number of nitriles is 1. The van der Waals surface area contributed by atoms with Gasteiger partial charge in [-0.15, -0.1) is 11.3 Å². The molecular weight excluding hydrogens is 336 g/mol. The molecule has 1 aromatic carbocycles. The second kappa shape index (κ2) is 5.96. The van der Waals surface area contributed by atoms with Gasteiger partial charge in [0, 0.05) is 39.8 Å². The molecule has 20 heavy (non-hydrogen) atoms. The second-order valence-electron chi connectivity index (χ2n) is 4.67. The van der Waals surface area contributed by atoms with Crippen LogP contribution in [-0.4, -0.2) is 6.61 Å². The van der Waals surface area contributed by atoms with Crippen molar-refractivity contribution in [2.75, 3.05) is 6.61 Å². The number of fused-ring (bicyclic) bond motifs is 1. The number of benzene rings is 1. The Hall–Kier alpha value is -1.35. The predicted molar refractivity (Wildman–Crippen MR) is 82.9 cm³/mol. The zero-order valence-corrected chi connectivity index (χ0v) is 13.2. The van der Waals surface area contributed by atoms with E-state index in [-0.39, 0.29) is 0 Å². The highest BCUT2D eigenvalue weighted by molar-refractivity contribution is 9.10. The van der Waals surface area contributed by atoms with Gasteiger partial charge in [-0.25, -0.2) is 0 Å². The molecule has 0 saturated heterocycles. The third-order valence-corrected chi connectivity index (χ3v) is 4.62. The highest BCUT2D eigenvalue weighted by Crippen LogP contribution is 2.32. The predicted octanol–water partition coefficient (Wildman–Crippen LogP) is 3.61. The quantitative estimate of drug-likeness (QED) is 0.917. The molecule has 2 heterocycles. The average molecular weight is 349 g/mol. The summed E-state index contributed by atoms with van der Waals surface area (Å²) in [6.45, 7) is 2.31. The van der Waals surface area contributed by atoms with Gasteiger partial charge in [-0.1, -0.05) is 15.9 Å². The molecule has 0 radical (unpaired) electrons. The second-order valence-corrected chi connectivity index (χ2v) is 6.58. The summed E-state index contributed by atoms with van der Waals surface area (Å²) in [6, 6.07) is 8.32. The van der Waals surface area contributed by atoms with Crippen molar-refractivity contribution >= 4 is 27.3 Å². The van der Waals surface area contributed by atoms with E-state index in [4.69, 9.17) is 10.00 Å². The minimum absolute atomic E-state index is 0.735. The minimum atomic E-state index is 0.735. The fourth-order valence-corrected chi connectivity index (χ4v) is 3.66. The molecule has 1 aliphatic rings. The van der Waals surface area contributed by atoms with Crippen LogP contribution in [0.4, 0.5) is 0 Å². The molecule has 0 saturated carbocycles. The average Bonchev–Trinajstić information content (AvgIpc) is 3.06. The number of nitrogens with zero attached hydrogens (tertiary/aromatic N) is 1. The van der Waals surface area contributed by atoms with Gasteiger partial charge in [0.25, 0.3) is 0 Å². The zero-order valence-electron chi connectivity index (χ0n) is 10.8. The molecule has 0 unspecified atom stereocenters. The van der Waals surface area contributed by atoms with Crippen molar-refractivity contribution in [1.29, 1.82) is 5.26 Å². The standard InChI is InChI=1S/C15H13BrN2OS/c16-13-4-11-1-2-19-15(11)12(5-13)7-18-8-14-3-10(6-17)9-20-14/h3-5,9,18H,1-2,7-8H2. The highest BCUT2D eigenvalue weighted by atomic mass is 79.9. The first-order valence-corrected chi connectivity index (χ1v) is 8.06. The number of ether oxygens (including phenoxy) is 1. The van der Waals surface area contributed by atoms with E-state index >= 15 is 0 Å². The topological polar surface area (TPSA) is 45.0 Å². The Morgan fingerprint density at radius 3 is 3.05 bits per heavy atom. The van der Waals surface area contributed by atoms with Crippen LogP contribution in [0.15, 0.2) is 28.1 Å². The molecule has 5 heteroatoms. The van der Waals surface area contributed by atoms with Crippen LogP contribution in [0.3, 0.4) is 0 Å². The SMILES string of the molecule is N#Cc1csc(CNCc2cc(Br)cc3c2OCC3)c1. The molecule has 0 bridgehead atoms. The third-order valence-electron chi connectivity index (χ3n) is 3.22. The van der Waals surface area contributed by atoms with E-state index in [1.165, 1.54) is 16.0 Å². The first kappa shape index (κ1) is 13.6. The minimum Gasteiger partial charge on any atom is -0.493 e. The van der Waals surface area contributed by atoms with E-state index in [2.05, 4.69) is 39.4 Å². The lowest BCUT2D eigenvalue weighted by atomic mass is 10.1. The maximum absolute atomic E-state index is 8.81. The van der Waals surface area contributed by atoms with Crippen LogP contribution in [0, 0.1) is 11.3 Å². The number of rotatable bonds is 4. The summed E-state index contributed by atoms with van der Waals surface area (Å²) in [7, 11) is 0. The lowest BCUT2D eigenvalue weighted by Crippen LogP contribution is -2.12. The summed E-state index contributed by atoms with van der Waals surface area (Å²) in [5.41, 5.74) is 3.20. The van der Waals surface area contributed by atoms with Crippen LogP contribution in [0.25, 0.3) is 0 Å². The first-order chi connectivity index (χ1) is 9.76. The number of thiophene rings is 1. The number of halogens is 1. The van der Waals surface area contributed by atoms with Crippen molar-refractivity contribution in [2.24, 2.45) is 0 Å². The van der Waals surface area contributed by atoms with E-state index in [0.29, 0.717) is 0 Å². The summed E-state index contributed by atoms with van der Waals surface area (Å²) >= 11 is 5.16. The molecule has 102 valence electrons. The Morgan fingerprint density at radius 1 is 1.35 bits per heavy atom. The van der Waals surface area contributed by atoms with Crippen molar-refractivity contribution < 1.29 is 4.74 Å². The summed E-state index contributed by atoms with van der Waals surface area (Å²) in [6.07, 6.45) is 0.984. The van der Waals surface area contributed by atoms with Gasteiger partial charge in [-0.2, -0.15) is 5.26 Å². The lowest BCUT2D eigenvalue weighted by molar-refractivity contribution is 0.352. The molecule has 0 spiro atoms. The van der Waals surface area contributed by atoms with Crippen LogP contribution in [0.2, 0.25) is 0 Å². The maximum atomic E-state index is 8.81. The molecule has 1 N–H and O–H groups in total. The van der Waals surface area contributed by atoms with Gasteiger partial charge in [-0.3, -0.25) is 0 Å². The summed E-state index contributed by atoms with van der Waals surface area (Å²) in [5, 5.41) is 14.1. The molecular formula is C15H13BrN2OS.